The minimum Gasteiger partial charge on any atom is -0.394 e. The molecule has 0 aliphatic carbocycles. The lowest BCUT2D eigenvalue weighted by molar-refractivity contribution is -0.105. The Kier molecular flexibility index (Phi) is 9.49. The summed E-state index contributed by atoms with van der Waals surface area (Å²) < 4.78 is 33.9. The molecule has 17 heavy (non-hydrogen) atoms. The van der Waals surface area contributed by atoms with Crippen LogP contribution in [-0.2, 0) is 9.30 Å². The van der Waals surface area contributed by atoms with Gasteiger partial charge in [0, 0.05) is 6.42 Å². The highest BCUT2D eigenvalue weighted by Crippen LogP contribution is 2.43. The molecule has 0 fully saturated rings. The number of ether oxygens (including phenoxy) is 1. The third kappa shape index (κ3) is 15.5. The van der Waals surface area contributed by atoms with Gasteiger partial charge >= 0.3 is 7.99 Å². The summed E-state index contributed by atoms with van der Waals surface area (Å²) in [6, 6.07) is 0. The van der Waals surface area contributed by atoms with Crippen molar-refractivity contribution in [3.63, 3.8) is 0 Å². The van der Waals surface area contributed by atoms with Gasteiger partial charge in [0.2, 0.25) is 0 Å². The summed E-state index contributed by atoms with van der Waals surface area (Å²) in [7, 11) is -5.64. The first-order valence-corrected chi connectivity index (χ1v) is 6.07. The quantitative estimate of drug-likeness (QED) is 0.517. The van der Waals surface area contributed by atoms with Crippen LogP contribution in [-0.4, -0.2) is 40.0 Å². The molecular formula is C9H17F2O5P. The zero-order valence-corrected chi connectivity index (χ0v) is 10.5. The van der Waals surface area contributed by atoms with Crippen LogP contribution < -0.4 is 0 Å². The molecule has 0 aliphatic rings. The standard InChI is InChI=1S/C9H16O3.F2HO2P/c1-4-5-8(11)9(2,3)12-7-6-10;1-5(2,3)4/h1,8,10-11H,5-7H2,2-3H3;(H,3,4). The van der Waals surface area contributed by atoms with E-state index in [-0.39, 0.29) is 19.6 Å². The molecule has 0 saturated heterocycles. The van der Waals surface area contributed by atoms with Gasteiger partial charge in [0.05, 0.1) is 24.9 Å². The monoisotopic (exact) mass is 274 g/mol. The van der Waals surface area contributed by atoms with Crippen LogP contribution in [0.5, 0.6) is 0 Å². The third-order valence-electron chi connectivity index (χ3n) is 1.68. The normalized spacial score (nSPS) is 13.3. The Labute approximate surface area is 99.1 Å². The zero-order chi connectivity index (χ0) is 14.1. The van der Waals surface area contributed by atoms with Crippen LogP contribution in [0.25, 0.3) is 0 Å². The molecule has 0 aromatic rings. The van der Waals surface area contributed by atoms with Crippen molar-refractivity contribution in [1.29, 1.82) is 0 Å². The molecule has 0 aliphatic heterocycles. The molecule has 0 rings (SSSR count). The number of rotatable bonds is 5. The number of halogens is 2. The van der Waals surface area contributed by atoms with Crippen molar-refractivity contribution in [1.82, 2.24) is 0 Å². The summed E-state index contributed by atoms with van der Waals surface area (Å²) in [5.74, 6) is 2.36. The van der Waals surface area contributed by atoms with E-state index in [0.29, 0.717) is 0 Å². The zero-order valence-electron chi connectivity index (χ0n) is 9.64. The molecule has 0 aromatic heterocycles. The van der Waals surface area contributed by atoms with Gasteiger partial charge in [-0.05, 0) is 13.8 Å². The van der Waals surface area contributed by atoms with Crippen molar-refractivity contribution in [2.45, 2.75) is 32.0 Å². The Morgan fingerprint density at radius 2 is 1.94 bits per heavy atom. The highest BCUT2D eigenvalue weighted by atomic mass is 31.2. The first-order chi connectivity index (χ1) is 7.54. The van der Waals surface area contributed by atoms with Crippen molar-refractivity contribution < 1.29 is 32.8 Å². The van der Waals surface area contributed by atoms with Crippen molar-refractivity contribution in [3.05, 3.63) is 0 Å². The van der Waals surface area contributed by atoms with E-state index in [9.17, 15) is 13.5 Å². The highest BCUT2D eigenvalue weighted by molar-refractivity contribution is 7.46. The fraction of sp³-hybridized carbons (Fsp3) is 0.778. The lowest BCUT2D eigenvalue weighted by Gasteiger charge is -2.29. The molecule has 0 aromatic carbocycles. The van der Waals surface area contributed by atoms with Crippen LogP contribution in [0.3, 0.4) is 0 Å². The molecule has 0 saturated carbocycles. The molecule has 102 valence electrons. The molecule has 0 spiro atoms. The van der Waals surface area contributed by atoms with Gasteiger partial charge in [-0.15, -0.1) is 20.7 Å². The van der Waals surface area contributed by atoms with Crippen LogP contribution in [0.2, 0.25) is 0 Å². The average molecular weight is 274 g/mol. The molecule has 0 radical (unpaired) electrons. The fourth-order valence-corrected chi connectivity index (χ4v) is 0.762. The summed E-state index contributed by atoms with van der Waals surface area (Å²) in [5, 5.41) is 17.9. The second-order valence-electron chi connectivity index (χ2n) is 3.53. The van der Waals surface area contributed by atoms with E-state index in [1.54, 1.807) is 13.8 Å². The number of hydrogen-bond donors (Lipinski definition) is 3. The van der Waals surface area contributed by atoms with Gasteiger partial charge in [-0.25, -0.2) is 4.57 Å². The Morgan fingerprint density at radius 1 is 1.53 bits per heavy atom. The topological polar surface area (TPSA) is 87.0 Å². The Balaban J connectivity index is 0. The Morgan fingerprint density at radius 3 is 2.24 bits per heavy atom. The van der Waals surface area contributed by atoms with Crippen molar-refractivity contribution >= 4 is 7.99 Å². The van der Waals surface area contributed by atoms with Gasteiger partial charge in [0.25, 0.3) is 0 Å². The van der Waals surface area contributed by atoms with Crippen LogP contribution in [0.1, 0.15) is 20.3 Å². The predicted molar refractivity (Wildman–Crippen MR) is 58.6 cm³/mol. The number of aliphatic hydroxyl groups excluding tert-OH is 2. The summed E-state index contributed by atoms with van der Waals surface area (Å²) in [5.41, 5.74) is -0.685. The van der Waals surface area contributed by atoms with Crippen LogP contribution in [0, 0.1) is 12.3 Å². The second kappa shape index (κ2) is 8.56. The minimum absolute atomic E-state index is 0.0494. The molecular weight excluding hydrogens is 257 g/mol. The van der Waals surface area contributed by atoms with Crippen LogP contribution >= 0.6 is 7.99 Å². The predicted octanol–water partition coefficient (Wildman–Crippen LogP) is 1.18. The largest absolute Gasteiger partial charge is 0.549 e. The molecule has 1 unspecified atom stereocenters. The molecule has 5 nitrogen and oxygen atoms in total. The van der Waals surface area contributed by atoms with Gasteiger partial charge in [-0.1, -0.05) is 0 Å². The van der Waals surface area contributed by atoms with Gasteiger partial charge in [-0.2, -0.15) is 0 Å². The Hall–Kier alpha value is -0.510. The maximum atomic E-state index is 10.1. The van der Waals surface area contributed by atoms with Crippen LogP contribution in [0.4, 0.5) is 8.39 Å². The van der Waals surface area contributed by atoms with E-state index in [2.05, 4.69) is 5.92 Å². The molecule has 0 heterocycles. The summed E-state index contributed by atoms with van der Waals surface area (Å²) in [6.45, 7) is 3.65. The van der Waals surface area contributed by atoms with Crippen molar-refractivity contribution in [2.24, 2.45) is 0 Å². The van der Waals surface area contributed by atoms with Gasteiger partial charge in [0.1, 0.15) is 0 Å². The molecule has 3 N–H and O–H groups in total. The molecule has 0 amide bonds. The smallest absolute Gasteiger partial charge is 0.394 e. The second-order valence-corrected chi connectivity index (χ2v) is 4.40. The average Bonchev–Trinajstić information content (AvgIpc) is 2.12. The van der Waals surface area contributed by atoms with E-state index >= 15 is 0 Å². The summed E-state index contributed by atoms with van der Waals surface area (Å²) in [4.78, 5) is 6.74. The maximum Gasteiger partial charge on any atom is 0.549 e. The van der Waals surface area contributed by atoms with Crippen molar-refractivity contribution in [3.8, 4) is 12.3 Å². The summed E-state index contributed by atoms with van der Waals surface area (Å²) in [6.07, 6.45) is 4.62. The fourth-order valence-electron chi connectivity index (χ4n) is 0.762. The first-order valence-electron chi connectivity index (χ1n) is 4.63. The van der Waals surface area contributed by atoms with E-state index < -0.39 is 19.7 Å². The van der Waals surface area contributed by atoms with Gasteiger partial charge in [-0.3, -0.25) is 4.89 Å². The number of terminal acetylenes is 1. The molecule has 0 bridgehead atoms. The highest BCUT2D eigenvalue weighted by Gasteiger charge is 2.27. The van der Waals surface area contributed by atoms with E-state index in [0.717, 1.165) is 0 Å². The maximum absolute atomic E-state index is 10.1. The molecule has 1 atom stereocenters. The van der Waals surface area contributed by atoms with E-state index in [4.69, 9.17) is 25.7 Å². The minimum atomic E-state index is -5.64. The third-order valence-corrected chi connectivity index (χ3v) is 1.68. The van der Waals surface area contributed by atoms with Gasteiger partial charge in [0.15, 0.2) is 0 Å². The van der Waals surface area contributed by atoms with Gasteiger partial charge < -0.3 is 14.9 Å². The summed E-state index contributed by atoms with van der Waals surface area (Å²) >= 11 is 0. The lowest BCUT2D eigenvalue weighted by Crippen LogP contribution is -2.39. The molecule has 8 heteroatoms. The Bertz CT molecular complexity index is 275. The lowest BCUT2D eigenvalue weighted by atomic mass is 9.99. The van der Waals surface area contributed by atoms with Crippen molar-refractivity contribution in [2.75, 3.05) is 13.2 Å². The van der Waals surface area contributed by atoms with E-state index in [1.165, 1.54) is 0 Å². The number of aliphatic hydroxyl groups is 2. The first kappa shape index (κ1) is 18.8. The SMILES string of the molecule is C#CCC(O)C(C)(C)OCCO.O=P(O)(F)F. The van der Waals surface area contributed by atoms with Crippen LogP contribution in [0.15, 0.2) is 0 Å². The number of hydrogen-bond acceptors (Lipinski definition) is 4. The van der Waals surface area contributed by atoms with E-state index in [1.807, 2.05) is 0 Å².